The lowest BCUT2D eigenvalue weighted by Gasteiger charge is -2.21. The van der Waals surface area contributed by atoms with E-state index >= 15 is 0 Å². The van der Waals surface area contributed by atoms with Gasteiger partial charge in [-0.1, -0.05) is 36.4 Å². The molecule has 2 aromatic carbocycles. The summed E-state index contributed by atoms with van der Waals surface area (Å²) in [6, 6.07) is 13.7. The molecule has 1 N–H and O–H groups in total. The SMILES string of the molecule is CN(C)C(=O)[C@H](OC(=O)CNC(=O)c1cccc(F)c1)c1ccccc1. The fourth-order valence-corrected chi connectivity index (χ4v) is 2.18. The zero-order valence-electron chi connectivity index (χ0n) is 14.4. The largest absolute Gasteiger partial charge is 0.446 e. The first-order valence-corrected chi connectivity index (χ1v) is 7.88. The third-order valence-electron chi connectivity index (χ3n) is 3.50. The monoisotopic (exact) mass is 358 g/mol. The molecule has 0 saturated heterocycles. The van der Waals surface area contributed by atoms with Crippen LogP contribution in [0.4, 0.5) is 4.39 Å². The van der Waals surface area contributed by atoms with Crippen molar-refractivity contribution >= 4 is 17.8 Å². The fourth-order valence-electron chi connectivity index (χ4n) is 2.18. The Labute approximate surface area is 150 Å². The third kappa shape index (κ3) is 5.14. The van der Waals surface area contributed by atoms with E-state index in [9.17, 15) is 18.8 Å². The summed E-state index contributed by atoms with van der Waals surface area (Å²) in [5.41, 5.74) is 0.609. The third-order valence-corrected chi connectivity index (χ3v) is 3.50. The summed E-state index contributed by atoms with van der Waals surface area (Å²) < 4.78 is 18.4. The van der Waals surface area contributed by atoms with E-state index in [-0.39, 0.29) is 5.56 Å². The van der Waals surface area contributed by atoms with Gasteiger partial charge < -0.3 is 15.0 Å². The van der Waals surface area contributed by atoms with Crippen LogP contribution in [0, 0.1) is 5.82 Å². The van der Waals surface area contributed by atoms with E-state index in [0.717, 1.165) is 6.07 Å². The number of rotatable bonds is 6. The molecule has 2 amide bonds. The van der Waals surface area contributed by atoms with Crippen molar-refractivity contribution in [3.8, 4) is 0 Å². The average Bonchev–Trinajstić information content (AvgIpc) is 2.64. The van der Waals surface area contributed by atoms with Crippen LogP contribution in [-0.2, 0) is 14.3 Å². The van der Waals surface area contributed by atoms with E-state index in [2.05, 4.69) is 5.32 Å². The molecular weight excluding hydrogens is 339 g/mol. The minimum absolute atomic E-state index is 0.0850. The smallest absolute Gasteiger partial charge is 0.326 e. The number of likely N-dealkylation sites (N-methyl/N-ethyl adjacent to an activating group) is 1. The summed E-state index contributed by atoms with van der Waals surface area (Å²) in [5, 5.41) is 2.35. The first kappa shape index (κ1) is 19.1. The van der Waals surface area contributed by atoms with Crippen molar-refractivity contribution in [3.05, 3.63) is 71.5 Å². The highest BCUT2D eigenvalue weighted by Gasteiger charge is 2.26. The molecule has 0 fully saturated rings. The van der Waals surface area contributed by atoms with Gasteiger partial charge in [-0.3, -0.25) is 14.4 Å². The van der Waals surface area contributed by atoms with Gasteiger partial charge in [0, 0.05) is 25.2 Å². The number of hydrogen-bond acceptors (Lipinski definition) is 4. The topological polar surface area (TPSA) is 75.7 Å². The number of amides is 2. The maximum atomic E-state index is 13.1. The quantitative estimate of drug-likeness (QED) is 0.801. The first-order valence-electron chi connectivity index (χ1n) is 7.88. The molecule has 0 aliphatic rings. The van der Waals surface area contributed by atoms with E-state index in [1.165, 1.54) is 23.1 Å². The zero-order chi connectivity index (χ0) is 19.1. The Morgan fingerprint density at radius 2 is 1.77 bits per heavy atom. The molecule has 6 nitrogen and oxygen atoms in total. The van der Waals surface area contributed by atoms with Crippen molar-refractivity contribution in [2.75, 3.05) is 20.6 Å². The van der Waals surface area contributed by atoms with Gasteiger partial charge in [0.25, 0.3) is 11.8 Å². The Kier molecular flexibility index (Phi) is 6.43. The zero-order valence-corrected chi connectivity index (χ0v) is 14.4. The molecule has 26 heavy (non-hydrogen) atoms. The van der Waals surface area contributed by atoms with Crippen molar-refractivity contribution in [3.63, 3.8) is 0 Å². The lowest BCUT2D eigenvalue weighted by atomic mass is 10.1. The molecule has 2 aromatic rings. The molecular formula is C19H19FN2O4. The van der Waals surface area contributed by atoms with Gasteiger partial charge in [-0.15, -0.1) is 0 Å². The number of halogens is 1. The van der Waals surface area contributed by atoms with Gasteiger partial charge in [0.15, 0.2) is 0 Å². The number of benzene rings is 2. The van der Waals surface area contributed by atoms with E-state index in [0.29, 0.717) is 5.56 Å². The first-order chi connectivity index (χ1) is 12.4. The Morgan fingerprint density at radius 3 is 2.38 bits per heavy atom. The van der Waals surface area contributed by atoms with Gasteiger partial charge in [0.2, 0.25) is 6.10 Å². The number of carbonyl (C=O) groups excluding carboxylic acids is 3. The molecule has 136 valence electrons. The van der Waals surface area contributed by atoms with E-state index in [1.54, 1.807) is 44.4 Å². The normalized spacial score (nSPS) is 11.3. The Hall–Kier alpha value is -3.22. The van der Waals surface area contributed by atoms with Gasteiger partial charge in [0.05, 0.1) is 0 Å². The molecule has 2 rings (SSSR count). The summed E-state index contributed by atoms with van der Waals surface area (Å²) in [6.07, 6.45) is -1.11. The Bertz CT molecular complexity index is 793. The molecule has 7 heteroatoms. The number of nitrogens with zero attached hydrogens (tertiary/aromatic N) is 1. The highest BCUT2D eigenvalue weighted by Crippen LogP contribution is 2.19. The fraction of sp³-hybridized carbons (Fsp3) is 0.211. The predicted octanol–water partition coefficient (Wildman–Crippen LogP) is 1.93. The van der Waals surface area contributed by atoms with Gasteiger partial charge >= 0.3 is 5.97 Å². The number of esters is 1. The van der Waals surface area contributed by atoms with Crippen LogP contribution in [0.2, 0.25) is 0 Å². The summed E-state index contributed by atoms with van der Waals surface area (Å²) in [6.45, 7) is -0.445. The van der Waals surface area contributed by atoms with Crippen LogP contribution in [0.5, 0.6) is 0 Å². The lowest BCUT2D eigenvalue weighted by molar-refractivity contribution is -0.158. The molecule has 0 aromatic heterocycles. The number of nitrogens with one attached hydrogen (secondary N) is 1. The van der Waals surface area contributed by atoms with Crippen molar-refractivity contribution in [1.82, 2.24) is 10.2 Å². The second-order valence-corrected chi connectivity index (χ2v) is 5.71. The van der Waals surface area contributed by atoms with E-state index in [1.807, 2.05) is 0 Å². The minimum atomic E-state index is -1.11. The highest BCUT2D eigenvalue weighted by atomic mass is 19.1. The highest BCUT2D eigenvalue weighted by molar-refractivity contribution is 5.96. The van der Waals surface area contributed by atoms with Crippen LogP contribution >= 0.6 is 0 Å². The van der Waals surface area contributed by atoms with E-state index in [4.69, 9.17) is 4.74 Å². The maximum absolute atomic E-state index is 13.1. The number of carbonyl (C=O) groups is 3. The van der Waals surface area contributed by atoms with Gasteiger partial charge in [0.1, 0.15) is 12.4 Å². The number of ether oxygens (including phenoxy) is 1. The number of hydrogen-bond donors (Lipinski definition) is 1. The van der Waals surface area contributed by atoms with Crippen molar-refractivity contribution in [2.24, 2.45) is 0 Å². The molecule has 0 unspecified atom stereocenters. The summed E-state index contributed by atoms with van der Waals surface area (Å²) in [5.74, 6) is -2.35. The molecule has 0 bridgehead atoms. The van der Waals surface area contributed by atoms with Crippen molar-refractivity contribution in [2.45, 2.75) is 6.10 Å². The molecule has 0 aliphatic heterocycles. The second-order valence-electron chi connectivity index (χ2n) is 5.71. The molecule has 0 heterocycles. The minimum Gasteiger partial charge on any atom is -0.446 e. The lowest BCUT2D eigenvalue weighted by Crippen LogP contribution is -2.35. The standard InChI is InChI=1S/C19H19FN2O4/c1-22(2)19(25)17(13-7-4-3-5-8-13)26-16(23)12-21-18(24)14-9-6-10-15(20)11-14/h3-11,17H,12H2,1-2H3,(H,21,24)/t17-/m1/s1. The second kappa shape index (κ2) is 8.75. The summed E-state index contributed by atoms with van der Waals surface area (Å²) >= 11 is 0. The van der Waals surface area contributed by atoms with Crippen molar-refractivity contribution < 1.29 is 23.5 Å². The van der Waals surface area contributed by atoms with Crippen LogP contribution < -0.4 is 5.32 Å². The van der Waals surface area contributed by atoms with Gasteiger partial charge in [-0.2, -0.15) is 0 Å². The molecule has 0 aliphatic carbocycles. The summed E-state index contributed by atoms with van der Waals surface area (Å²) in [4.78, 5) is 37.6. The summed E-state index contributed by atoms with van der Waals surface area (Å²) in [7, 11) is 3.11. The molecule has 0 spiro atoms. The van der Waals surface area contributed by atoms with E-state index < -0.39 is 36.2 Å². The van der Waals surface area contributed by atoms with Gasteiger partial charge in [-0.05, 0) is 18.2 Å². The Balaban J connectivity index is 2.01. The average molecular weight is 358 g/mol. The predicted molar refractivity (Wildman–Crippen MR) is 92.7 cm³/mol. The Morgan fingerprint density at radius 1 is 1.08 bits per heavy atom. The van der Waals surface area contributed by atoms with Crippen molar-refractivity contribution in [1.29, 1.82) is 0 Å². The van der Waals surface area contributed by atoms with Crippen LogP contribution in [0.1, 0.15) is 22.0 Å². The van der Waals surface area contributed by atoms with Gasteiger partial charge in [-0.25, -0.2) is 4.39 Å². The van der Waals surface area contributed by atoms with Crippen LogP contribution in [0.25, 0.3) is 0 Å². The molecule has 0 radical (unpaired) electrons. The van der Waals surface area contributed by atoms with Crippen LogP contribution in [0.15, 0.2) is 54.6 Å². The maximum Gasteiger partial charge on any atom is 0.326 e. The van der Waals surface area contributed by atoms with Crippen LogP contribution in [-0.4, -0.2) is 43.3 Å². The molecule has 0 saturated carbocycles. The molecule has 1 atom stereocenters. The van der Waals surface area contributed by atoms with Crippen LogP contribution in [0.3, 0.4) is 0 Å².